The van der Waals surface area contributed by atoms with Crippen molar-refractivity contribution in [3.05, 3.63) is 0 Å². The number of hydrogen-bond acceptors (Lipinski definition) is 2. The van der Waals surface area contributed by atoms with E-state index >= 15 is 0 Å². The number of ether oxygens (including phenoxy) is 1. The molecule has 0 aromatic carbocycles. The molecule has 27 heavy (non-hydrogen) atoms. The Labute approximate surface area is 166 Å². The van der Waals surface area contributed by atoms with Crippen molar-refractivity contribution in [1.82, 2.24) is 0 Å². The Morgan fingerprint density at radius 1 is 0.926 bits per heavy atom. The van der Waals surface area contributed by atoms with Gasteiger partial charge in [0.2, 0.25) is 0 Å². The van der Waals surface area contributed by atoms with Crippen LogP contribution in [0, 0.1) is 40.9 Å². The Hall–Kier alpha value is -0.0800. The van der Waals surface area contributed by atoms with E-state index in [4.69, 9.17) is 4.74 Å². The third-order valence-corrected chi connectivity index (χ3v) is 10.4. The predicted octanol–water partition coefficient (Wildman–Crippen LogP) is 5.97. The first-order valence-electron chi connectivity index (χ1n) is 12.2. The summed E-state index contributed by atoms with van der Waals surface area (Å²) in [6.07, 6.45) is 15.6. The van der Waals surface area contributed by atoms with Gasteiger partial charge >= 0.3 is 0 Å². The van der Waals surface area contributed by atoms with E-state index in [1.807, 2.05) is 0 Å². The van der Waals surface area contributed by atoms with Crippen LogP contribution in [0.2, 0.25) is 0 Å². The molecule has 2 nitrogen and oxygen atoms in total. The second-order valence-electron chi connectivity index (χ2n) is 11.8. The zero-order valence-electron chi connectivity index (χ0n) is 18.0. The van der Waals surface area contributed by atoms with Gasteiger partial charge < -0.3 is 9.84 Å². The van der Waals surface area contributed by atoms with Gasteiger partial charge in [-0.05, 0) is 112 Å². The minimum absolute atomic E-state index is 0.207. The highest BCUT2D eigenvalue weighted by Crippen LogP contribution is 2.66. The maximum absolute atomic E-state index is 11.1. The quantitative estimate of drug-likeness (QED) is 0.618. The number of fused-ring (bicyclic) bond motifs is 5. The highest BCUT2D eigenvalue weighted by Gasteiger charge is 2.62. The molecule has 0 spiro atoms. The Morgan fingerprint density at radius 2 is 1.70 bits per heavy atom. The maximum Gasteiger partial charge on any atom is 0.0921 e. The lowest BCUT2D eigenvalue weighted by Gasteiger charge is -2.61. The SMILES string of the molecule is CCC[C@@]1(O)CC[C@H]2[C@@H](CC[C@@H]3[C@@H]2CC[C@]2(C)[C@@H](C4(C)CO4)CCC[C@@H]32)C1. The molecule has 0 aromatic rings. The molecule has 154 valence electrons. The molecule has 0 radical (unpaired) electrons. The summed E-state index contributed by atoms with van der Waals surface area (Å²) in [6, 6.07) is 0. The number of aliphatic hydroxyl groups is 1. The standard InChI is InChI=1S/C25H42O2/c1-4-12-25(26)14-11-18-17(15-25)8-9-20-19(18)10-13-23(2)21(20)6-5-7-22(23)24(3)16-27-24/h17-22,26H,4-16H2,1-3H3/t17-,18-,19+,20+,21-,22-,23-,24?,25+/m0/s1. The average molecular weight is 375 g/mol. The first-order chi connectivity index (χ1) is 12.9. The molecular weight excluding hydrogens is 332 g/mol. The lowest BCUT2D eigenvalue weighted by molar-refractivity contribution is -0.139. The van der Waals surface area contributed by atoms with Crippen LogP contribution in [0.3, 0.4) is 0 Å². The van der Waals surface area contributed by atoms with Crippen LogP contribution >= 0.6 is 0 Å². The highest BCUT2D eigenvalue weighted by molar-refractivity contribution is 5.11. The molecule has 0 aromatic heterocycles. The molecule has 4 aliphatic carbocycles. The summed E-state index contributed by atoms with van der Waals surface area (Å²) < 4.78 is 5.99. The third-order valence-electron chi connectivity index (χ3n) is 10.4. The van der Waals surface area contributed by atoms with E-state index in [0.29, 0.717) is 5.41 Å². The van der Waals surface area contributed by atoms with Gasteiger partial charge in [0.05, 0.1) is 17.8 Å². The molecule has 1 N–H and O–H groups in total. The molecule has 1 aliphatic heterocycles. The van der Waals surface area contributed by atoms with Gasteiger partial charge in [-0.15, -0.1) is 0 Å². The molecule has 0 bridgehead atoms. The summed E-state index contributed by atoms with van der Waals surface area (Å²) in [5.74, 6) is 5.38. The van der Waals surface area contributed by atoms with Gasteiger partial charge in [-0.2, -0.15) is 0 Å². The van der Waals surface area contributed by atoms with Crippen LogP contribution in [0.4, 0.5) is 0 Å². The molecule has 9 atom stereocenters. The Bertz CT molecular complexity index is 569. The largest absolute Gasteiger partial charge is 0.390 e. The summed E-state index contributed by atoms with van der Waals surface area (Å²) in [7, 11) is 0. The van der Waals surface area contributed by atoms with E-state index in [1.165, 1.54) is 51.4 Å². The van der Waals surface area contributed by atoms with Gasteiger partial charge in [0.15, 0.2) is 0 Å². The molecule has 5 aliphatic rings. The molecule has 5 fully saturated rings. The molecule has 5 rings (SSSR count). The predicted molar refractivity (Wildman–Crippen MR) is 109 cm³/mol. The van der Waals surface area contributed by atoms with E-state index in [9.17, 15) is 5.11 Å². The first kappa shape index (κ1) is 18.9. The fourth-order valence-corrected chi connectivity index (χ4v) is 9.17. The summed E-state index contributed by atoms with van der Waals surface area (Å²) in [4.78, 5) is 0. The maximum atomic E-state index is 11.1. The molecule has 1 unspecified atom stereocenters. The van der Waals surface area contributed by atoms with Gasteiger partial charge in [-0.3, -0.25) is 0 Å². The van der Waals surface area contributed by atoms with Crippen molar-refractivity contribution in [2.75, 3.05) is 6.61 Å². The van der Waals surface area contributed by atoms with E-state index < -0.39 is 0 Å². The minimum atomic E-state index is -0.334. The fraction of sp³-hybridized carbons (Fsp3) is 1.00. The van der Waals surface area contributed by atoms with Crippen molar-refractivity contribution in [3.63, 3.8) is 0 Å². The molecule has 1 saturated heterocycles. The Kier molecular flexibility index (Phi) is 4.53. The topological polar surface area (TPSA) is 32.8 Å². The monoisotopic (exact) mass is 374 g/mol. The zero-order valence-corrected chi connectivity index (χ0v) is 18.0. The third kappa shape index (κ3) is 2.95. The number of rotatable bonds is 3. The summed E-state index contributed by atoms with van der Waals surface area (Å²) in [5.41, 5.74) is 0.397. The van der Waals surface area contributed by atoms with Crippen LogP contribution in [0.15, 0.2) is 0 Å². The van der Waals surface area contributed by atoms with Crippen LogP contribution in [0.5, 0.6) is 0 Å². The fourth-order valence-electron chi connectivity index (χ4n) is 9.17. The van der Waals surface area contributed by atoms with Crippen molar-refractivity contribution in [1.29, 1.82) is 0 Å². The molecule has 4 saturated carbocycles. The molecular formula is C25H42O2. The Balaban J connectivity index is 1.35. The van der Waals surface area contributed by atoms with E-state index in [0.717, 1.165) is 67.8 Å². The minimum Gasteiger partial charge on any atom is -0.390 e. The van der Waals surface area contributed by atoms with Gasteiger partial charge in [0.25, 0.3) is 0 Å². The lowest BCUT2D eigenvalue weighted by atomic mass is 9.44. The second-order valence-corrected chi connectivity index (χ2v) is 11.8. The summed E-state index contributed by atoms with van der Waals surface area (Å²) in [6.45, 7) is 8.28. The van der Waals surface area contributed by atoms with Gasteiger partial charge in [-0.1, -0.05) is 26.7 Å². The molecule has 2 heteroatoms. The highest BCUT2D eigenvalue weighted by atomic mass is 16.6. The van der Waals surface area contributed by atoms with Crippen molar-refractivity contribution in [3.8, 4) is 0 Å². The van der Waals surface area contributed by atoms with Crippen LogP contribution in [0.1, 0.15) is 97.8 Å². The van der Waals surface area contributed by atoms with E-state index in [2.05, 4.69) is 20.8 Å². The van der Waals surface area contributed by atoms with Gasteiger partial charge in [0.1, 0.15) is 0 Å². The van der Waals surface area contributed by atoms with Crippen molar-refractivity contribution < 1.29 is 9.84 Å². The van der Waals surface area contributed by atoms with Crippen LogP contribution < -0.4 is 0 Å². The summed E-state index contributed by atoms with van der Waals surface area (Å²) >= 11 is 0. The van der Waals surface area contributed by atoms with E-state index in [1.54, 1.807) is 0 Å². The van der Waals surface area contributed by atoms with Crippen LogP contribution in [-0.2, 0) is 4.74 Å². The smallest absolute Gasteiger partial charge is 0.0921 e. The van der Waals surface area contributed by atoms with E-state index in [-0.39, 0.29) is 11.2 Å². The van der Waals surface area contributed by atoms with Gasteiger partial charge in [0, 0.05) is 0 Å². The first-order valence-corrected chi connectivity index (χ1v) is 12.2. The van der Waals surface area contributed by atoms with Crippen LogP contribution in [-0.4, -0.2) is 22.9 Å². The second kappa shape index (κ2) is 6.46. The number of epoxide rings is 1. The zero-order chi connectivity index (χ0) is 18.9. The van der Waals surface area contributed by atoms with Crippen molar-refractivity contribution in [2.24, 2.45) is 40.9 Å². The van der Waals surface area contributed by atoms with Crippen LogP contribution in [0.25, 0.3) is 0 Å². The normalized spacial score (nSPS) is 57.3. The molecule has 0 amide bonds. The molecule has 1 heterocycles. The summed E-state index contributed by atoms with van der Waals surface area (Å²) in [5, 5.41) is 11.1. The van der Waals surface area contributed by atoms with Crippen molar-refractivity contribution >= 4 is 0 Å². The average Bonchev–Trinajstić information content (AvgIpc) is 3.38. The number of hydrogen-bond donors (Lipinski definition) is 1. The van der Waals surface area contributed by atoms with Gasteiger partial charge in [-0.25, -0.2) is 0 Å². The van der Waals surface area contributed by atoms with Crippen molar-refractivity contribution in [2.45, 2.75) is 109 Å². The lowest BCUT2D eigenvalue weighted by Crippen LogP contribution is -2.55. The Morgan fingerprint density at radius 3 is 2.44 bits per heavy atom.